The van der Waals surface area contributed by atoms with Gasteiger partial charge in [-0.2, -0.15) is 0 Å². The van der Waals surface area contributed by atoms with E-state index in [0.29, 0.717) is 12.0 Å². The van der Waals surface area contributed by atoms with Crippen LogP contribution in [0, 0.1) is 13.8 Å². The number of aryl methyl sites for hydroxylation is 2. The number of hydrazine groups is 1. The molecule has 4 N–H and O–H groups in total. The standard InChI is InChI=1S/C18H26N4O3S/c1-10-7-11(2)15-9-14(18(23)20-16(15)8-10)5-6-19-26(24,25)17-12(3)21-22-13(17)4/h7-9,12-13,17,19,21-22H,5-6H2,1-4H3,(H,20,23). The first kappa shape index (κ1) is 19.0. The SMILES string of the molecule is Cc1cc(C)c2cc(CCNS(=O)(=O)C3C(C)NNC3C)c(=O)[nH]c2c1. The van der Waals surface area contributed by atoms with Crippen LogP contribution in [0.1, 0.15) is 30.5 Å². The van der Waals surface area contributed by atoms with E-state index in [-0.39, 0.29) is 24.2 Å². The lowest BCUT2D eigenvalue weighted by Gasteiger charge is -2.19. The summed E-state index contributed by atoms with van der Waals surface area (Å²) in [5.41, 5.74) is 9.29. The molecule has 0 spiro atoms. The summed E-state index contributed by atoms with van der Waals surface area (Å²) in [6, 6.07) is 5.51. The molecular weight excluding hydrogens is 352 g/mol. The van der Waals surface area contributed by atoms with Gasteiger partial charge in [-0.15, -0.1) is 0 Å². The van der Waals surface area contributed by atoms with Crippen LogP contribution >= 0.6 is 0 Å². The summed E-state index contributed by atoms with van der Waals surface area (Å²) in [7, 11) is -3.48. The quantitative estimate of drug-likeness (QED) is 0.618. The molecule has 1 aromatic carbocycles. The van der Waals surface area contributed by atoms with Crippen molar-refractivity contribution in [2.75, 3.05) is 6.54 Å². The predicted molar refractivity (Wildman–Crippen MR) is 104 cm³/mol. The van der Waals surface area contributed by atoms with E-state index >= 15 is 0 Å². The topological polar surface area (TPSA) is 103 Å². The Morgan fingerprint density at radius 3 is 2.38 bits per heavy atom. The van der Waals surface area contributed by atoms with Gasteiger partial charge in [0.2, 0.25) is 10.0 Å². The van der Waals surface area contributed by atoms with Crippen molar-refractivity contribution in [3.63, 3.8) is 0 Å². The average Bonchev–Trinajstić information content (AvgIpc) is 2.87. The molecule has 1 aliphatic rings. The van der Waals surface area contributed by atoms with Gasteiger partial charge >= 0.3 is 0 Å². The zero-order chi connectivity index (χ0) is 19.1. The number of hydrogen-bond donors (Lipinski definition) is 4. The number of benzene rings is 1. The normalized spacial score (nSPS) is 23.6. The van der Waals surface area contributed by atoms with Crippen LogP contribution in [0.5, 0.6) is 0 Å². The van der Waals surface area contributed by atoms with Gasteiger partial charge in [-0.1, -0.05) is 6.07 Å². The van der Waals surface area contributed by atoms with Gasteiger partial charge in [0.15, 0.2) is 0 Å². The van der Waals surface area contributed by atoms with Crippen LogP contribution in [-0.4, -0.2) is 37.3 Å². The zero-order valence-corrected chi connectivity index (χ0v) is 16.3. The highest BCUT2D eigenvalue weighted by Crippen LogP contribution is 2.19. The predicted octanol–water partition coefficient (Wildman–Crippen LogP) is 0.860. The molecule has 7 nitrogen and oxygen atoms in total. The van der Waals surface area contributed by atoms with Crippen LogP contribution < -0.4 is 21.1 Å². The summed E-state index contributed by atoms with van der Waals surface area (Å²) in [4.78, 5) is 15.2. The van der Waals surface area contributed by atoms with Crippen molar-refractivity contribution in [3.05, 3.63) is 45.2 Å². The average molecular weight is 378 g/mol. The Bertz CT molecular complexity index is 974. The summed E-state index contributed by atoms with van der Waals surface area (Å²) in [6.45, 7) is 7.85. The molecular formula is C18H26N4O3S. The Morgan fingerprint density at radius 2 is 1.73 bits per heavy atom. The molecule has 1 aliphatic heterocycles. The number of H-pyrrole nitrogens is 1. The van der Waals surface area contributed by atoms with Crippen molar-refractivity contribution in [2.45, 2.75) is 51.4 Å². The van der Waals surface area contributed by atoms with Crippen molar-refractivity contribution < 1.29 is 8.42 Å². The molecule has 0 saturated carbocycles. The van der Waals surface area contributed by atoms with E-state index < -0.39 is 15.3 Å². The molecule has 0 radical (unpaired) electrons. The minimum atomic E-state index is -3.48. The number of rotatable bonds is 5. The summed E-state index contributed by atoms with van der Waals surface area (Å²) in [5.74, 6) is 0. The molecule has 3 rings (SSSR count). The van der Waals surface area contributed by atoms with Crippen molar-refractivity contribution >= 4 is 20.9 Å². The van der Waals surface area contributed by atoms with Gasteiger partial charge in [0.1, 0.15) is 5.25 Å². The Labute approximate surface area is 153 Å². The monoisotopic (exact) mass is 378 g/mol. The number of aromatic amines is 1. The molecule has 2 heterocycles. The molecule has 2 aromatic rings. The first-order chi connectivity index (χ1) is 12.2. The van der Waals surface area contributed by atoms with Crippen LogP contribution in [0.3, 0.4) is 0 Å². The molecule has 2 unspecified atom stereocenters. The van der Waals surface area contributed by atoms with Crippen LogP contribution in [-0.2, 0) is 16.4 Å². The van der Waals surface area contributed by atoms with Crippen molar-refractivity contribution in [1.29, 1.82) is 0 Å². The molecule has 0 amide bonds. The van der Waals surface area contributed by atoms with Crippen molar-refractivity contribution in [3.8, 4) is 0 Å². The number of aromatic nitrogens is 1. The largest absolute Gasteiger partial charge is 0.322 e. The van der Waals surface area contributed by atoms with E-state index in [1.807, 2.05) is 39.8 Å². The van der Waals surface area contributed by atoms with Gasteiger partial charge in [-0.3, -0.25) is 15.6 Å². The highest BCUT2D eigenvalue weighted by Gasteiger charge is 2.39. The van der Waals surface area contributed by atoms with Crippen LogP contribution in [0.15, 0.2) is 23.0 Å². The highest BCUT2D eigenvalue weighted by atomic mass is 32.2. The smallest absolute Gasteiger partial charge is 0.251 e. The van der Waals surface area contributed by atoms with Crippen molar-refractivity contribution in [2.24, 2.45) is 0 Å². The number of sulfonamides is 1. The van der Waals surface area contributed by atoms with Gasteiger partial charge in [0, 0.05) is 35.1 Å². The molecule has 26 heavy (non-hydrogen) atoms. The first-order valence-corrected chi connectivity index (χ1v) is 10.4. The second-order valence-corrected chi connectivity index (χ2v) is 9.11. The molecule has 0 aliphatic carbocycles. The molecule has 1 fully saturated rings. The maximum Gasteiger partial charge on any atom is 0.251 e. The van der Waals surface area contributed by atoms with E-state index in [9.17, 15) is 13.2 Å². The number of fused-ring (bicyclic) bond motifs is 1. The number of nitrogens with one attached hydrogen (secondary N) is 4. The fraction of sp³-hybridized carbons (Fsp3) is 0.500. The van der Waals surface area contributed by atoms with E-state index in [4.69, 9.17) is 0 Å². The van der Waals surface area contributed by atoms with Gasteiger partial charge in [0.05, 0.1) is 0 Å². The minimum absolute atomic E-state index is 0.173. The van der Waals surface area contributed by atoms with Crippen LogP contribution in [0.2, 0.25) is 0 Å². The molecule has 1 saturated heterocycles. The van der Waals surface area contributed by atoms with Crippen molar-refractivity contribution in [1.82, 2.24) is 20.6 Å². The summed E-state index contributed by atoms with van der Waals surface area (Å²) in [6.07, 6.45) is 0.341. The molecule has 142 valence electrons. The van der Waals surface area contributed by atoms with Gasteiger partial charge in [0.25, 0.3) is 5.56 Å². The lowest BCUT2D eigenvalue weighted by molar-refractivity contribution is 0.545. The zero-order valence-electron chi connectivity index (χ0n) is 15.5. The lowest BCUT2D eigenvalue weighted by Crippen LogP contribution is -2.45. The second-order valence-electron chi connectivity index (χ2n) is 7.19. The van der Waals surface area contributed by atoms with Gasteiger partial charge in [-0.25, -0.2) is 13.1 Å². The first-order valence-electron chi connectivity index (χ1n) is 8.82. The van der Waals surface area contributed by atoms with E-state index in [1.165, 1.54) is 0 Å². The van der Waals surface area contributed by atoms with E-state index in [0.717, 1.165) is 22.0 Å². The van der Waals surface area contributed by atoms with Crippen LogP contribution in [0.4, 0.5) is 0 Å². The summed E-state index contributed by atoms with van der Waals surface area (Å²) < 4.78 is 27.8. The Morgan fingerprint density at radius 1 is 1.08 bits per heavy atom. The fourth-order valence-corrected chi connectivity index (χ4v) is 5.51. The minimum Gasteiger partial charge on any atom is -0.322 e. The third-order valence-corrected chi connectivity index (χ3v) is 7.11. The van der Waals surface area contributed by atoms with E-state index in [2.05, 4.69) is 26.6 Å². The van der Waals surface area contributed by atoms with Gasteiger partial charge in [-0.05, 0) is 57.4 Å². The third kappa shape index (κ3) is 3.68. The maximum absolute atomic E-state index is 12.6. The summed E-state index contributed by atoms with van der Waals surface area (Å²) in [5, 5.41) is 0.433. The third-order valence-electron chi connectivity index (χ3n) is 4.97. The lowest BCUT2D eigenvalue weighted by atomic mass is 10.0. The molecule has 0 bridgehead atoms. The Hall–Kier alpha value is -1.74. The molecule has 2 atom stereocenters. The summed E-state index contributed by atoms with van der Waals surface area (Å²) >= 11 is 0. The Balaban J connectivity index is 1.76. The maximum atomic E-state index is 12.6. The molecule has 1 aromatic heterocycles. The van der Waals surface area contributed by atoms with Gasteiger partial charge < -0.3 is 4.98 Å². The number of hydrogen-bond acceptors (Lipinski definition) is 5. The molecule has 8 heteroatoms. The fourth-order valence-electron chi connectivity index (χ4n) is 3.72. The second kappa shape index (κ2) is 7.11. The van der Waals surface area contributed by atoms with E-state index in [1.54, 1.807) is 0 Å². The van der Waals surface area contributed by atoms with Crippen LogP contribution in [0.25, 0.3) is 10.9 Å². The highest BCUT2D eigenvalue weighted by molar-refractivity contribution is 7.90. The Kier molecular flexibility index (Phi) is 5.21. The number of pyridine rings is 1.